The number of carboxylic acid groups (broad SMARTS) is 1. The number of carboxylic acids is 1. The quantitative estimate of drug-likeness (QED) is 0.716. The lowest BCUT2D eigenvalue weighted by molar-refractivity contribution is -0.139. The highest BCUT2D eigenvalue weighted by Crippen LogP contribution is 2.28. The molecule has 0 radical (unpaired) electrons. The number of carbonyl (C=O) groups excluding carboxylic acids is 1. The van der Waals surface area contributed by atoms with Crippen LogP contribution in [0.3, 0.4) is 0 Å². The van der Waals surface area contributed by atoms with Crippen molar-refractivity contribution in [2.24, 2.45) is 0 Å². The first-order chi connectivity index (χ1) is 12.7. The third-order valence-electron chi connectivity index (χ3n) is 4.24. The standard InChI is InChI=1S/C22H19NO3/c24-21(18-14-8-3-9-15-18)23-20(22(25)26)19(16-10-4-1-5-11-16)17-12-6-2-7-13-17/h1-15,19-20H,(H,23,24)(H,25,26). The second-order valence-corrected chi connectivity index (χ2v) is 5.95. The van der Waals surface area contributed by atoms with Gasteiger partial charge in [-0.05, 0) is 23.3 Å². The van der Waals surface area contributed by atoms with Gasteiger partial charge in [0.1, 0.15) is 6.04 Å². The van der Waals surface area contributed by atoms with E-state index in [1.807, 2.05) is 66.7 Å². The Morgan fingerprint density at radius 3 is 1.54 bits per heavy atom. The van der Waals surface area contributed by atoms with Gasteiger partial charge in [-0.25, -0.2) is 4.79 Å². The lowest BCUT2D eigenvalue weighted by Gasteiger charge is -2.26. The van der Waals surface area contributed by atoms with Gasteiger partial charge in [0.2, 0.25) is 0 Å². The summed E-state index contributed by atoms with van der Waals surface area (Å²) in [6.07, 6.45) is 0. The minimum atomic E-state index is -1.09. The van der Waals surface area contributed by atoms with E-state index in [-0.39, 0.29) is 0 Å². The third kappa shape index (κ3) is 3.98. The molecule has 1 amide bonds. The molecule has 0 fully saturated rings. The molecule has 0 aliphatic rings. The first kappa shape index (κ1) is 17.4. The van der Waals surface area contributed by atoms with Crippen molar-refractivity contribution >= 4 is 11.9 Å². The van der Waals surface area contributed by atoms with Crippen LogP contribution in [0, 0.1) is 0 Å². The number of hydrogen-bond donors (Lipinski definition) is 2. The van der Waals surface area contributed by atoms with Gasteiger partial charge in [-0.3, -0.25) is 4.79 Å². The third-order valence-corrected chi connectivity index (χ3v) is 4.24. The molecule has 4 nitrogen and oxygen atoms in total. The minimum absolute atomic E-state index is 0.408. The van der Waals surface area contributed by atoms with E-state index in [1.54, 1.807) is 24.3 Å². The van der Waals surface area contributed by atoms with Crippen molar-refractivity contribution in [1.29, 1.82) is 0 Å². The van der Waals surface area contributed by atoms with E-state index < -0.39 is 23.8 Å². The molecule has 0 spiro atoms. The predicted molar refractivity (Wildman–Crippen MR) is 100 cm³/mol. The molecule has 0 bridgehead atoms. The van der Waals surface area contributed by atoms with E-state index in [2.05, 4.69) is 5.32 Å². The number of aliphatic carboxylic acids is 1. The SMILES string of the molecule is O=C(NC(C(=O)O)C(c1ccccc1)c1ccccc1)c1ccccc1. The maximum atomic E-state index is 12.6. The Kier molecular flexibility index (Phi) is 5.44. The second-order valence-electron chi connectivity index (χ2n) is 5.95. The Balaban J connectivity index is 1.99. The number of hydrogen-bond acceptors (Lipinski definition) is 2. The molecule has 0 aliphatic heterocycles. The van der Waals surface area contributed by atoms with Gasteiger partial charge >= 0.3 is 5.97 Å². The molecule has 4 heteroatoms. The summed E-state index contributed by atoms with van der Waals surface area (Å²) < 4.78 is 0. The lowest BCUT2D eigenvalue weighted by atomic mass is 9.85. The second kappa shape index (κ2) is 8.12. The molecular formula is C22H19NO3. The van der Waals surface area contributed by atoms with Gasteiger partial charge in [0.15, 0.2) is 0 Å². The van der Waals surface area contributed by atoms with Crippen LogP contribution in [-0.4, -0.2) is 23.0 Å². The van der Waals surface area contributed by atoms with Crippen molar-refractivity contribution < 1.29 is 14.7 Å². The highest BCUT2D eigenvalue weighted by atomic mass is 16.4. The summed E-state index contributed by atoms with van der Waals surface area (Å²) in [7, 11) is 0. The van der Waals surface area contributed by atoms with Crippen LogP contribution in [0.5, 0.6) is 0 Å². The normalized spacial score (nSPS) is 11.7. The molecule has 1 unspecified atom stereocenters. The molecule has 3 rings (SSSR count). The zero-order valence-corrected chi connectivity index (χ0v) is 14.1. The molecule has 0 aliphatic carbocycles. The Hall–Kier alpha value is -3.40. The van der Waals surface area contributed by atoms with Crippen LogP contribution >= 0.6 is 0 Å². The molecule has 0 aromatic heterocycles. The zero-order chi connectivity index (χ0) is 18.4. The first-order valence-electron chi connectivity index (χ1n) is 8.35. The van der Waals surface area contributed by atoms with E-state index in [1.165, 1.54) is 0 Å². The number of amides is 1. The molecule has 3 aromatic rings. The Morgan fingerprint density at radius 2 is 1.12 bits per heavy atom. The average molecular weight is 345 g/mol. The highest BCUT2D eigenvalue weighted by molar-refractivity contribution is 5.96. The number of rotatable bonds is 6. The number of nitrogens with one attached hydrogen (secondary N) is 1. The molecule has 26 heavy (non-hydrogen) atoms. The molecule has 0 heterocycles. The molecule has 0 saturated carbocycles. The fourth-order valence-corrected chi connectivity index (χ4v) is 3.00. The summed E-state index contributed by atoms with van der Waals surface area (Å²) in [6.45, 7) is 0. The maximum absolute atomic E-state index is 12.6. The van der Waals surface area contributed by atoms with Gasteiger partial charge in [0.25, 0.3) is 5.91 Å². The van der Waals surface area contributed by atoms with E-state index in [0.717, 1.165) is 11.1 Å². The average Bonchev–Trinajstić information content (AvgIpc) is 2.69. The van der Waals surface area contributed by atoms with Crippen molar-refractivity contribution in [3.05, 3.63) is 108 Å². The topological polar surface area (TPSA) is 66.4 Å². The van der Waals surface area contributed by atoms with Crippen molar-refractivity contribution in [2.45, 2.75) is 12.0 Å². The summed E-state index contributed by atoms with van der Waals surface area (Å²) in [5.74, 6) is -1.98. The minimum Gasteiger partial charge on any atom is -0.480 e. The molecular weight excluding hydrogens is 326 g/mol. The number of benzene rings is 3. The van der Waals surface area contributed by atoms with Gasteiger partial charge in [-0.15, -0.1) is 0 Å². The smallest absolute Gasteiger partial charge is 0.327 e. The van der Waals surface area contributed by atoms with E-state index >= 15 is 0 Å². The Bertz CT molecular complexity index is 824. The van der Waals surface area contributed by atoms with Crippen LogP contribution in [0.2, 0.25) is 0 Å². The monoisotopic (exact) mass is 345 g/mol. The van der Waals surface area contributed by atoms with Gasteiger partial charge in [0.05, 0.1) is 0 Å². The van der Waals surface area contributed by atoms with Crippen molar-refractivity contribution in [3.8, 4) is 0 Å². The summed E-state index contributed by atoms with van der Waals surface area (Å²) in [5.41, 5.74) is 2.09. The summed E-state index contributed by atoms with van der Waals surface area (Å²) in [5, 5.41) is 12.5. The van der Waals surface area contributed by atoms with Crippen LogP contribution < -0.4 is 5.32 Å². The first-order valence-corrected chi connectivity index (χ1v) is 8.35. The van der Waals surface area contributed by atoms with E-state index in [0.29, 0.717) is 5.56 Å². The molecule has 1 atom stereocenters. The molecule has 2 N–H and O–H groups in total. The van der Waals surface area contributed by atoms with Crippen LogP contribution in [-0.2, 0) is 4.79 Å². The fraction of sp³-hybridized carbons (Fsp3) is 0.0909. The lowest BCUT2D eigenvalue weighted by Crippen LogP contribution is -2.45. The highest BCUT2D eigenvalue weighted by Gasteiger charge is 2.32. The summed E-state index contributed by atoms with van der Waals surface area (Å²) in [6, 6.07) is 26.3. The van der Waals surface area contributed by atoms with Crippen LogP contribution in [0.25, 0.3) is 0 Å². The largest absolute Gasteiger partial charge is 0.480 e. The number of carbonyl (C=O) groups is 2. The van der Waals surface area contributed by atoms with Crippen LogP contribution in [0.1, 0.15) is 27.4 Å². The zero-order valence-electron chi connectivity index (χ0n) is 14.1. The summed E-state index contributed by atoms with van der Waals surface area (Å²) in [4.78, 5) is 24.6. The van der Waals surface area contributed by atoms with Gasteiger partial charge < -0.3 is 10.4 Å². The van der Waals surface area contributed by atoms with Crippen LogP contribution in [0.15, 0.2) is 91.0 Å². The van der Waals surface area contributed by atoms with E-state index in [4.69, 9.17) is 0 Å². The Morgan fingerprint density at radius 1 is 0.692 bits per heavy atom. The van der Waals surface area contributed by atoms with Gasteiger partial charge in [-0.1, -0.05) is 78.9 Å². The summed E-state index contributed by atoms with van der Waals surface area (Å²) >= 11 is 0. The molecule has 130 valence electrons. The van der Waals surface area contributed by atoms with Gasteiger partial charge in [-0.2, -0.15) is 0 Å². The van der Waals surface area contributed by atoms with Crippen molar-refractivity contribution in [2.75, 3.05) is 0 Å². The Labute approximate surface area is 152 Å². The fourth-order valence-electron chi connectivity index (χ4n) is 3.00. The predicted octanol–water partition coefficient (Wildman–Crippen LogP) is 3.70. The van der Waals surface area contributed by atoms with Gasteiger partial charge in [0, 0.05) is 11.5 Å². The molecule has 3 aromatic carbocycles. The van der Waals surface area contributed by atoms with Crippen LogP contribution in [0.4, 0.5) is 0 Å². The van der Waals surface area contributed by atoms with Crippen molar-refractivity contribution in [3.63, 3.8) is 0 Å². The van der Waals surface area contributed by atoms with Crippen molar-refractivity contribution in [1.82, 2.24) is 5.32 Å². The maximum Gasteiger partial charge on any atom is 0.327 e. The molecule has 0 saturated heterocycles. The van der Waals surface area contributed by atoms with E-state index in [9.17, 15) is 14.7 Å².